The lowest BCUT2D eigenvalue weighted by Crippen LogP contribution is -2.68. The lowest BCUT2D eigenvalue weighted by molar-refractivity contribution is -0.922. The van der Waals surface area contributed by atoms with Gasteiger partial charge in [-0.25, -0.2) is 9.97 Å². The van der Waals surface area contributed by atoms with E-state index >= 15 is 0 Å². The molecule has 1 aliphatic carbocycles. The van der Waals surface area contributed by atoms with Crippen molar-refractivity contribution in [3.63, 3.8) is 0 Å². The highest BCUT2D eigenvalue weighted by atomic mass is 16.5. The average Bonchev–Trinajstić information content (AvgIpc) is 2.91. The Balaban J connectivity index is 1.45. The summed E-state index contributed by atoms with van der Waals surface area (Å²) in [5.41, 5.74) is 6.36. The highest BCUT2D eigenvalue weighted by molar-refractivity contribution is 5.87. The molecule has 0 spiro atoms. The molecule has 8 nitrogen and oxygen atoms in total. The number of aliphatic hydroxyl groups is 1. The number of hydrogen-bond acceptors (Lipinski definition) is 6. The van der Waals surface area contributed by atoms with Crippen LogP contribution in [0.15, 0.2) is 48.7 Å². The molecule has 0 radical (unpaired) electrons. The number of nitrogens with zero attached hydrogens (tertiary/aromatic N) is 3. The Hall–Kier alpha value is -3.23. The van der Waals surface area contributed by atoms with Gasteiger partial charge in [0.2, 0.25) is 11.8 Å². The number of fused-ring (bicyclic) bond motifs is 1. The number of aromatic nitrogens is 2. The van der Waals surface area contributed by atoms with Gasteiger partial charge in [0, 0.05) is 29.8 Å². The number of pyridine rings is 2. The molecule has 0 aliphatic heterocycles. The normalized spacial score (nSPS) is 21.6. The summed E-state index contributed by atoms with van der Waals surface area (Å²) in [5, 5.41) is 13.8. The van der Waals surface area contributed by atoms with E-state index in [0.29, 0.717) is 42.2 Å². The van der Waals surface area contributed by atoms with E-state index in [1.54, 1.807) is 13.3 Å². The van der Waals surface area contributed by atoms with Crippen LogP contribution < -0.4 is 15.2 Å². The van der Waals surface area contributed by atoms with E-state index in [4.69, 9.17) is 20.2 Å². The van der Waals surface area contributed by atoms with Gasteiger partial charge >= 0.3 is 0 Å². The Bertz CT molecular complexity index is 1280. The number of primary amides is 1. The second-order valence-electron chi connectivity index (χ2n) is 11.5. The predicted molar refractivity (Wildman–Crippen MR) is 153 cm³/mol. The third-order valence-corrected chi connectivity index (χ3v) is 8.25. The minimum atomic E-state index is -1.60. The maximum Gasteiger partial charge on any atom is 0.255 e. The van der Waals surface area contributed by atoms with Crippen molar-refractivity contribution < 1.29 is 23.9 Å². The van der Waals surface area contributed by atoms with E-state index in [1.807, 2.05) is 44.4 Å². The number of ether oxygens (including phenoxy) is 2. The number of quaternary nitrogens is 1. The van der Waals surface area contributed by atoms with Crippen LogP contribution >= 0.6 is 0 Å². The standard InChI is InChI=1S/C31H42N4O4/c1-5-6-10-25-20-24-9-7-8-11-26(24)29(34-25)39-17-16-35(2,3)27-13-12-23(21-31(27,37)30(32)36)18-22-14-15-33-28(19-22)38-4/h7-9,11,14-15,19-20,23,27,37H,5-6,10,12-13,16-18,21H2,1-4H3,(H-,32,36)/p+1/t23?,27-,31-/m0/s1. The number of benzene rings is 1. The largest absolute Gasteiger partial charge is 0.481 e. The molecular formula is C31H43N4O4+. The number of carbonyl (C=O) groups excluding carboxylic acids is 1. The topological polar surface area (TPSA) is 108 Å². The van der Waals surface area contributed by atoms with Crippen molar-refractivity contribution in [3.8, 4) is 11.8 Å². The lowest BCUT2D eigenvalue weighted by Gasteiger charge is -2.49. The number of hydrogen-bond donors (Lipinski definition) is 2. The SMILES string of the molecule is CCCCc1cc2ccccc2c(OCC[N+](C)(C)[C@H]2CCC(Cc3ccnc(OC)c3)C[C@@]2(O)C(N)=O)n1. The molecule has 1 unspecified atom stereocenters. The van der Waals surface area contributed by atoms with Gasteiger partial charge in [0.25, 0.3) is 5.91 Å². The zero-order valence-corrected chi connectivity index (χ0v) is 23.7. The van der Waals surface area contributed by atoms with Crippen molar-refractivity contribution in [3.05, 3.63) is 59.9 Å². The van der Waals surface area contributed by atoms with Crippen LogP contribution in [0.5, 0.6) is 11.8 Å². The Labute approximate surface area is 231 Å². The van der Waals surface area contributed by atoms with E-state index in [-0.39, 0.29) is 12.0 Å². The molecule has 8 heteroatoms. The van der Waals surface area contributed by atoms with Crippen LogP contribution in [0.1, 0.15) is 50.3 Å². The number of likely N-dealkylation sites (N-methyl/N-ethyl adjacent to an activating group) is 1. The zero-order valence-electron chi connectivity index (χ0n) is 23.7. The highest BCUT2D eigenvalue weighted by Gasteiger charge is 2.54. The van der Waals surface area contributed by atoms with Crippen molar-refractivity contribution in [2.75, 3.05) is 34.4 Å². The van der Waals surface area contributed by atoms with E-state index in [2.05, 4.69) is 24.0 Å². The molecule has 4 rings (SSSR count). The molecule has 3 aromatic rings. The number of unbranched alkanes of at least 4 members (excludes halogenated alkanes) is 1. The van der Waals surface area contributed by atoms with Gasteiger partial charge in [-0.15, -0.1) is 0 Å². The van der Waals surface area contributed by atoms with Crippen LogP contribution in [-0.4, -0.2) is 71.5 Å². The van der Waals surface area contributed by atoms with Crippen LogP contribution in [0, 0.1) is 5.92 Å². The van der Waals surface area contributed by atoms with Gasteiger partial charge in [0.05, 0.1) is 21.2 Å². The van der Waals surface area contributed by atoms with Gasteiger partial charge < -0.3 is 24.8 Å². The fourth-order valence-corrected chi connectivity index (χ4v) is 6.05. The monoisotopic (exact) mass is 535 g/mol. The van der Waals surface area contributed by atoms with Gasteiger partial charge in [-0.3, -0.25) is 4.79 Å². The fraction of sp³-hybridized carbons (Fsp3) is 0.516. The summed E-state index contributed by atoms with van der Waals surface area (Å²) in [4.78, 5) is 21.7. The van der Waals surface area contributed by atoms with Gasteiger partial charge in [-0.1, -0.05) is 31.5 Å². The fourth-order valence-electron chi connectivity index (χ4n) is 6.05. The molecule has 0 bridgehead atoms. The lowest BCUT2D eigenvalue weighted by atomic mass is 9.71. The van der Waals surface area contributed by atoms with Crippen LogP contribution in [0.3, 0.4) is 0 Å². The summed E-state index contributed by atoms with van der Waals surface area (Å²) < 4.78 is 11.9. The maximum absolute atomic E-state index is 12.7. The van der Waals surface area contributed by atoms with Crippen molar-refractivity contribution >= 4 is 16.7 Å². The van der Waals surface area contributed by atoms with Gasteiger partial charge in [-0.2, -0.15) is 0 Å². The third kappa shape index (κ3) is 6.68. The van der Waals surface area contributed by atoms with Crippen LogP contribution in [0.2, 0.25) is 0 Å². The summed E-state index contributed by atoms with van der Waals surface area (Å²) in [7, 11) is 5.67. The first-order valence-electron chi connectivity index (χ1n) is 14.0. The van der Waals surface area contributed by atoms with Crippen LogP contribution in [0.25, 0.3) is 10.8 Å². The molecule has 1 aromatic carbocycles. The first kappa shape index (κ1) is 28.8. The molecule has 3 N–H and O–H groups in total. The van der Waals surface area contributed by atoms with Crippen molar-refractivity contribution in [1.82, 2.24) is 9.97 Å². The summed E-state index contributed by atoms with van der Waals surface area (Å²) in [6.07, 6.45) is 7.46. The Morgan fingerprint density at radius 1 is 1.21 bits per heavy atom. The van der Waals surface area contributed by atoms with Crippen molar-refractivity contribution in [2.24, 2.45) is 11.7 Å². The first-order valence-corrected chi connectivity index (χ1v) is 14.0. The number of carbonyl (C=O) groups is 1. The van der Waals surface area contributed by atoms with Gasteiger partial charge in [0.1, 0.15) is 19.2 Å². The summed E-state index contributed by atoms with van der Waals surface area (Å²) in [6, 6.07) is 13.8. The molecule has 0 saturated heterocycles. The van der Waals surface area contributed by atoms with Crippen molar-refractivity contribution in [1.29, 1.82) is 0 Å². The van der Waals surface area contributed by atoms with Gasteiger partial charge in [0.15, 0.2) is 5.60 Å². The van der Waals surface area contributed by atoms with Gasteiger partial charge in [-0.05, 0) is 67.2 Å². The number of amides is 1. The quantitative estimate of drug-likeness (QED) is 0.339. The van der Waals surface area contributed by atoms with E-state index in [1.165, 1.54) is 0 Å². The van der Waals surface area contributed by atoms with E-state index < -0.39 is 11.5 Å². The molecule has 2 heterocycles. The Morgan fingerprint density at radius 2 is 2.00 bits per heavy atom. The third-order valence-electron chi connectivity index (χ3n) is 8.25. The Morgan fingerprint density at radius 3 is 2.74 bits per heavy atom. The number of rotatable bonds is 12. The number of nitrogens with two attached hydrogens (primary N) is 1. The minimum Gasteiger partial charge on any atom is -0.481 e. The maximum atomic E-state index is 12.7. The second-order valence-corrected chi connectivity index (χ2v) is 11.5. The number of aryl methyl sites for hydroxylation is 1. The highest BCUT2D eigenvalue weighted by Crippen LogP contribution is 2.39. The molecular weight excluding hydrogens is 492 g/mol. The minimum absolute atomic E-state index is 0.128. The molecule has 39 heavy (non-hydrogen) atoms. The molecule has 1 saturated carbocycles. The second kappa shape index (κ2) is 12.3. The Kier molecular flexibility index (Phi) is 9.08. The summed E-state index contributed by atoms with van der Waals surface area (Å²) in [5.74, 6) is 0.666. The average molecular weight is 536 g/mol. The molecule has 1 amide bonds. The van der Waals surface area contributed by atoms with Crippen LogP contribution in [0.4, 0.5) is 0 Å². The smallest absolute Gasteiger partial charge is 0.255 e. The molecule has 1 aliphatic rings. The van der Waals surface area contributed by atoms with E-state index in [0.717, 1.165) is 54.1 Å². The zero-order chi connectivity index (χ0) is 28.0. The molecule has 1 fully saturated rings. The molecule has 2 aromatic heterocycles. The van der Waals surface area contributed by atoms with Crippen molar-refractivity contribution in [2.45, 2.75) is 63.5 Å². The number of methoxy groups -OCH3 is 1. The summed E-state index contributed by atoms with van der Waals surface area (Å²) in [6.45, 7) is 3.18. The van der Waals surface area contributed by atoms with E-state index in [9.17, 15) is 9.90 Å². The van der Waals surface area contributed by atoms with Crippen LogP contribution in [-0.2, 0) is 17.6 Å². The predicted octanol–water partition coefficient (Wildman–Crippen LogP) is 4.06. The molecule has 3 atom stereocenters. The molecule has 210 valence electrons. The summed E-state index contributed by atoms with van der Waals surface area (Å²) >= 11 is 0. The first-order chi connectivity index (χ1) is 18.7.